The zero-order valence-corrected chi connectivity index (χ0v) is 9.78. The first-order valence-corrected chi connectivity index (χ1v) is 5.72. The summed E-state index contributed by atoms with van der Waals surface area (Å²) in [4.78, 5) is 13.8. The van der Waals surface area contributed by atoms with Gasteiger partial charge >= 0.3 is 0 Å². The molecule has 0 unspecified atom stereocenters. The number of nitrogens with one attached hydrogen (secondary N) is 1. The minimum absolute atomic E-state index is 0.0596. The Morgan fingerprint density at radius 1 is 0.895 bits per heavy atom. The van der Waals surface area contributed by atoms with Crippen LogP contribution in [0.3, 0.4) is 0 Å². The number of rotatable bonds is 1. The molecule has 94 valence electrons. The Balaban J connectivity index is 2.26. The predicted octanol–water partition coefficient (Wildman–Crippen LogP) is 3.47. The van der Waals surface area contributed by atoms with Crippen molar-refractivity contribution in [2.24, 2.45) is 0 Å². The van der Waals surface area contributed by atoms with Crippen LogP contribution in [0.25, 0.3) is 22.0 Å². The van der Waals surface area contributed by atoms with Gasteiger partial charge < -0.3 is 4.98 Å². The minimum atomic E-state index is -0.608. The summed E-state index contributed by atoms with van der Waals surface area (Å²) in [5.74, 6) is -1.22. The van der Waals surface area contributed by atoms with Crippen molar-refractivity contribution in [3.8, 4) is 11.1 Å². The molecule has 2 nitrogen and oxygen atoms in total. The summed E-state index contributed by atoms with van der Waals surface area (Å²) in [7, 11) is 0. The van der Waals surface area contributed by atoms with Gasteiger partial charge in [-0.15, -0.1) is 0 Å². The molecule has 3 aromatic rings. The van der Waals surface area contributed by atoms with E-state index in [0.717, 1.165) is 5.39 Å². The maximum atomic E-state index is 13.7. The fourth-order valence-electron chi connectivity index (χ4n) is 2.08. The van der Waals surface area contributed by atoms with E-state index >= 15 is 0 Å². The highest BCUT2D eigenvalue weighted by atomic mass is 19.1. The highest BCUT2D eigenvalue weighted by Gasteiger charge is 2.11. The second-order valence-electron chi connectivity index (χ2n) is 4.22. The lowest BCUT2D eigenvalue weighted by molar-refractivity contribution is 0.589. The van der Waals surface area contributed by atoms with Crippen molar-refractivity contribution in [3.05, 3.63) is 70.5 Å². The van der Waals surface area contributed by atoms with E-state index in [1.165, 1.54) is 24.3 Å². The van der Waals surface area contributed by atoms with Crippen LogP contribution in [0.5, 0.6) is 0 Å². The highest BCUT2D eigenvalue weighted by molar-refractivity contribution is 5.84. The molecule has 1 heterocycles. The van der Waals surface area contributed by atoms with E-state index in [4.69, 9.17) is 0 Å². The summed E-state index contributed by atoms with van der Waals surface area (Å²) in [5.41, 5.74) is 0.802. The molecule has 0 aliphatic heterocycles. The third kappa shape index (κ3) is 2.01. The quantitative estimate of drug-likeness (QED) is 0.711. The smallest absolute Gasteiger partial charge is 0.248 e. The first-order chi connectivity index (χ1) is 9.15. The van der Waals surface area contributed by atoms with E-state index < -0.39 is 11.6 Å². The predicted molar refractivity (Wildman–Crippen MR) is 69.9 cm³/mol. The molecule has 0 fully saturated rings. The molecule has 0 amide bonds. The minimum Gasteiger partial charge on any atom is -0.322 e. The van der Waals surface area contributed by atoms with Gasteiger partial charge in [0, 0.05) is 11.6 Å². The van der Waals surface area contributed by atoms with Gasteiger partial charge in [-0.1, -0.05) is 12.1 Å². The Morgan fingerprint density at radius 3 is 2.37 bits per heavy atom. The number of benzene rings is 2. The van der Waals surface area contributed by atoms with Crippen LogP contribution < -0.4 is 5.56 Å². The molecule has 0 spiro atoms. The summed E-state index contributed by atoms with van der Waals surface area (Å²) in [6, 6.07) is 11.6. The maximum absolute atomic E-state index is 13.7. The number of aromatic amines is 1. The molecular weight excluding hydrogens is 248 g/mol. The second-order valence-corrected chi connectivity index (χ2v) is 4.22. The molecule has 0 saturated heterocycles. The van der Waals surface area contributed by atoms with E-state index in [0.29, 0.717) is 11.1 Å². The Bertz CT molecular complexity index is 803. The van der Waals surface area contributed by atoms with Crippen LogP contribution in [0.2, 0.25) is 0 Å². The SMILES string of the molecule is O=c1ccc2cc(-c3c(F)cccc3F)ccc2[nH]1. The molecule has 0 aliphatic rings. The van der Waals surface area contributed by atoms with Gasteiger partial charge in [-0.2, -0.15) is 0 Å². The Labute approximate surface area is 107 Å². The van der Waals surface area contributed by atoms with Crippen molar-refractivity contribution in [2.75, 3.05) is 0 Å². The molecule has 4 heteroatoms. The van der Waals surface area contributed by atoms with Crippen LogP contribution >= 0.6 is 0 Å². The number of fused-ring (bicyclic) bond motifs is 1. The van der Waals surface area contributed by atoms with Gasteiger partial charge in [-0.25, -0.2) is 8.78 Å². The molecule has 0 aliphatic carbocycles. The van der Waals surface area contributed by atoms with Gasteiger partial charge in [-0.3, -0.25) is 4.79 Å². The van der Waals surface area contributed by atoms with Gasteiger partial charge in [0.25, 0.3) is 0 Å². The molecule has 2 aromatic carbocycles. The normalized spacial score (nSPS) is 10.8. The van der Waals surface area contributed by atoms with Crippen molar-refractivity contribution in [2.45, 2.75) is 0 Å². The summed E-state index contributed by atoms with van der Waals surface area (Å²) in [6.45, 7) is 0. The number of halogens is 2. The van der Waals surface area contributed by atoms with Gasteiger partial charge in [-0.05, 0) is 41.3 Å². The van der Waals surface area contributed by atoms with Gasteiger partial charge in [0.1, 0.15) is 11.6 Å². The van der Waals surface area contributed by atoms with Gasteiger partial charge in [0.05, 0.1) is 5.56 Å². The average molecular weight is 257 g/mol. The lowest BCUT2D eigenvalue weighted by Gasteiger charge is -2.06. The van der Waals surface area contributed by atoms with E-state index in [9.17, 15) is 13.6 Å². The van der Waals surface area contributed by atoms with Crippen LogP contribution in [0, 0.1) is 11.6 Å². The Kier molecular flexibility index (Phi) is 2.63. The van der Waals surface area contributed by atoms with Gasteiger partial charge in [0.15, 0.2) is 0 Å². The molecule has 1 aromatic heterocycles. The first kappa shape index (κ1) is 11.6. The fourth-order valence-corrected chi connectivity index (χ4v) is 2.08. The monoisotopic (exact) mass is 257 g/mol. The Morgan fingerprint density at radius 2 is 1.63 bits per heavy atom. The lowest BCUT2D eigenvalue weighted by Crippen LogP contribution is -2.02. The topological polar surface area (TPSA) is 32.9 Å². The molecule has 1 N–H and O–H groups in total. The standard InChI is InChI=1S/C15H9F2NO/c16-11-2-1-3-12(17)15(11)10-4-6-13-9(8-10)5-7-14(19)18-13/h1-8H,(H,18,19). The zero-order valence-electron chi connectivity index (χ0n) is 9.78. The zero-order chi connectivity index (χ0) is 13.4. The molecule has 3 rings (SSSR count). The third-order valence-corrected chi connectivity index (χ3v) is 2.98. The number of hydrogen-bond acceptors (Lipinski definition) is 1. The molecule has 0 bridgehead atoms. The van der Waals surface area contributed by atoms with Crippen molar-refractivity contribution >= 4 is 10.9 Å². The van der Waals surface area contributed by atoms with Crippen LogP contribution in [-0.2, 0) is 0 Å². The summed E-state index contributed by atoms with van der Waals surface area (Å²) in [5, 5.41) is 0.722. The van der Waals surface area contributed by atoms with Crippen LogP contribution in [-0.4, -0.2) is 4.98 Å². The van der Waals surface area contributed by atoms with E-state index in [-0.39, 0.29) is 11.1 Å². The number of aromatic nitrogens is 1. The molecular formula is C15H9F2NO. The number of hydrogen-bond donors (Lipinski definition) is 1. The molecule has 0 saturated carbocycles. The second kappa shape index (κ2) is 4.31. The first-order valence-electron chi connectivity index (χ1n) is 5.72. The van der Waals surface area contributed by atoms with Crippen LogP contribution in [0.4, 0.5) is 8.78 Å². The number of pyridine rings is 1. The fraction of sp³-hybridized carbons (Fsp3) is 0. The largest absolute Gasteiger partial charge is 0.322 e. The Hall–Kier alpha value is -2.49. The maximum Gasteiger partial charge on any atom is 0.248 e. The van der Waals surface area contributed by atoms with Crippen LogP contribution in [0.1, 0.15) is 0 Å². The summed E-state index contributed by atoms with van der Waals surface area (Å²) < 4.78 is 27.4. The van der Waals surface area contributed by atoms with E-state index in [1.807, 2.05) is 0 Å². The van der Waals surface area contributed by atoms with Crippen molar-refractivity contribution in [3.63, 3.8) is 0 Å². The van der Waals surface area contributed by atoms with Crippen molar-refractivity contribution in [1.29, 1.82) is 0 Å². The third-order valence-electron chi connectivity index (χ3n) is 2.98. The molecule has 0 atom stereocenters. The van der Waals surface area contributed by atoms with Crippen molar-refractivity contribution < 1.29 is 8.78 Å². The van der Waals surface area contributed by atoms with E-state index in [2.05, 4.69) is 4.98 Å². The number of H-pyrrole nitrogens is 1. The lowest BCUT2D eigenvalue weighted by atomic mass is 10.0. The van der Waals surface area contributed by atoms with E-state index in [1.54, 1.807) is 24.3 Å². The summed E-state index contributed by atoms with van der Waals surface area (Å²) in [6.07, 6.45) is 0. The highest BCUT2D eigenvalue weighted by Crippen LogP contribution is 2.27. The van der Waals surface area contributed by atoms with Crippen molar-refractivity contribution in [1.82, 2.24) is 4.98 Å². The molecule has 0 radical (unpaired) electrons. The van der Waals surface area contributed by atoms with Gasteiger partial charge in [0.2, 0.25) is 5.56 Å². The van der Waals surface area contributed by atoms with Crippen LogP contribution in [0.15, 0.2) is 53.3 Å². The molecule has 19 heavy (non-hydrogen) atoms. The average Bonchev–Trinajstić information content (AvgIpc) is 2.38. The summed E-state index contributed by atoms with van der Waals surface area (Å²) >= 11 is 0.